The molecule has 0 atom stereocenters. The van der Waals surface area contributed by atoms with Gasteiger partial charge in [0.15, 0.2) is 5.82 Å². The summed E-state index contributed by atoms with van der Waals surface area (Å²) in [5.41, 5.74) is 1.02. The van der Waals surface area contributed by atoms with Gasteiger partial charge in [-0.25, -0.2) is 9.78 Å². The molecule has 2 heterocycles. The zero-order valence-corrected chi connectivity index (χ0v) is 9.62. The summed E-state index contributed by atoms with van der Waals surface area (Å²) in [6, 6.07) is 1.75. The minimum absolute atomic E-state index is 0.00288. The molecule has 0 aliphatic carbocycles. The summed E-state index contributed by atoms with van der Waals surface area (Å²) >= 11 is 0. The number of carbonyl (C=O) groups is 1. The van der Waals surface area contributed by atoms with E-state index in [0.717, 1.165) is 4.68 Å². The third kappa shape index (κ3) is 1.78. The van der Waals surface area contributed by atoms with Crippen LogP contribution in [0.2, 0.25) is 0 Å². The minimum atomic E-state index is -1.13. The highest BCUT2D eigenvalue weighted by Crippen LogP contribution is 2.16. The molecule has 8 heteroatoms. The van der Waals surface area contributed by atoms with Gasteiger partial charge in [-0.1, -0.05) is 0 Å². The van der Waals surface area contributed by atoms with E-state index in [1.807, 2.05) is 0 Å². The van der Waals surface area contributed by atoms with Crippen molar-refractivity contribution in [2.24, 2.45) is 0 Å². The average molecular weight is 244 g/mol. The lowest BCUT2D eigenvalue weighted by atomic mass is 10.1. The van der Waals surface area contributed by atoms with Gasteiger partial charge in [-0.15, -0.1) is 10.2 Å². The maximum absolute atomic E-state index is 11.3. The highest BCUT2D eigenvalue weighted by molar-refractivity contribution is 5.92. The van der Waals surface area contributed by atoms with Crippen LogP contribution in [0.5, 0.6) is 0 Å². The molecule has 2 rings (SSSR count). The Morgan fingerprint density at radius 1 is 1.44 bits per heavy atom. The fourth-order valence-corrected chi connectivity index (χ4v) is 1.43. The van der Waals surface area contributed by atoms with Crippen LogP contribution in [0.3, 0.4) is 0 Å². The molecule has 0 saturated carbocycles. The van der Waals surface area contributed by atoms with Crippen molar-refractivity contribution >= 4 is 5.97 Å². The van der Waals surface area contributed by atoms with Crippen LogP contribution in [0, 0.1) is 25.2 Å². The second kappa shape index (κ2) is 4.21. The van der Waals surface area contributed by atoms with Gasteiger partial charge in [0.1, 0.15) is 18.0 Å². The van der Waals surface area contributed by atoms with Crippen molar-refractivity contribution in [2.45, 2.75) is 13.8 Å². The molecule has 0 amide bonds. The van der Waals surface area contributed by atoms with Crippen LogP contribution < -0.4 is 0 Å². The molecule has 90 valence electrons. The van der Waals surface area contributed by atoms with Crippen LogP contribution in [0.25, 0.3) is 5.82 Å². The predicted molar refractivity (Wildman–Crippen MR) is 58.1 cm³/mol. The van der Waals surface area contributed by atoms with E-state index in [1.54, 1.807) is 19.9 Å². The van der Waals surface area contributed by atoms with Gasteiger partial charge in [-0.2, -0.15) is 15.0 Å². The van der Waals surface area contributed by atoms with Crippen LogP contribution in [0.4, 0.5) is 0 Å². The van der Waals surface area contributed by atoms with Gasteiger partial charge in [0, 0.05) is 0 Å². The first kappa shape index (κ1) is 11.7. The van der Waals surface area contributed by atoms with Gasteiger partial charge < -0.3 is 5.11 Å². The van der Waals surface area contributed by atoms with Gasteiger partial charge in [0.2, 0.25) is 0 Å². The molecule has 0 fully saturated rings. The zero-order chi connectivity index (χ0) is 13.3. The van der Waals surface area contributed by atoms with Crippen molar-refractivity contribution in [1.82, 2.24) is 25.0 Å². The van der Waals surface area contributed by atoms with Crippen molar-refractivity contribution in [1.29, 1.82) is 5.26 Å². The van der Waals surface area contributed by atoms with Gasteiger partial charge in [-0.05, 0) is 19.4 Å². The summed E-state index contributed by atoms with van der Waals surface area (Å²) < 4.78 is 1.13. The molecular formula is C10H8N6O2. The number of rotatable bonds is 2. The molecule has 8 nitrogen and oxygen atoms in total. The second-order valence-electron chi connectivity index (χ2n) is 3.54. The van der Waals surface area contributed by atoms with E-state index in [2.05, 4.69) is 20.3 Å². The number of nitriles is 1. The zero-order valence-electron chi connectivity index (χ0n) is 9.62. The van der Waals surface area contributed by atoms with Crippen molar-refractivity contribution in [3.8, 4) is 11.9 Å². The van der Waals surface area contributed by atoms with E-state index in [0.29, 0.717) is 11.3 Å². The molecule has 2 aromatic heterocycles. The molecule has 0 spiro atoms. The number of aromatic nitrogens is 5. The normalized spacial score (nSPS) is 10.1. The van der Waals surface area contributed by atoms with Crippen molar-refractivity contribution in [2.75, 3.05) is 0 Å². The quantitative estimate of drug-likeness (QED) is 0.803. The average Bonchev–Trinajstić information content (AvgIpc) is 2.80. The lowest BCUT2D eigenvalue weighted by Gasteiger charge is -2.07. The summed E-state index contributed by atoms with van der Waals surface area (Å²) in [5.74, 6) is -1.15. The van der Waals surface area contributed by atoms with Crippen molar-refractivity contribution in [3.05, 3.63) is 29.0 Å². The largest absolute Gasteiger partial charge is 0.478 e. The maximum atomic E-state index is 11.3. The molecule has 0 aliphatic heterocycles. The number of carboxylic acids is 1. The molecule has 2 aromatic rings. The Bertz CT molecular complexity index is 669. The van der Waals surface area contributed by atoms with Gasteiger partial charge in [0.25, 0.3) is 5.82 Å². The number of aromatic carboxylic acids is 1. The Balaban J connectivity index is 2.68. The highest BCUT2D eigenvalue weighted by Gasteiger charge is 2.20. The standard InChI is InChI=1S/C10H8N6O2/c1-5-6(2)13-14-9(8(5)10(17)18)16-4-12-7(3-11)15-16/h4H,1-2H3,(H,17,18). The highest BCUT2D eigenvalue weighted by atomic mass is 16.4. The third-order valence-electron chi connectivity index (χ3n) is 2.46. The summed E-state index contributed by atoms with van der Waals surface area (Å²) in [6.07, 6.45) is 1.23. The van der Waals surface area contributed by atoms with Crippen LogP contribution in [0.1, 0.15) is 27.4 Å². The van der Waals surface area contributed by atoms with E-state index < -0.39 is 5.97 Å². The first-order valence-electron chi connectivity index (χ1n) is 4.94. The monoisotopic (exact) mass is 244 g/mol. The van der Waals surface area contributed by atoms with E-state index in [1.165, 1.54) is 6.33 Å². The molecule has 0 aromatic carbocycles. The van der Waals surface area contributed by atoms with Crippen LogP contribution in [-0.4, -0.2) is 36.0 Å². The van der Waals surface area contributed by atoms with E-state index in [4.69, 9.17) is 5.26 Å². The fourth-order valence-electron chi connectivity index (χ4n) is 1.43. The van der Waals surface area contributed by atoms with Crippen LogP contribution in [0.15, 0.2) is 6.33 Å². The molecular weight excluding hydrogens is 236 g/mol. The van der Waals surface area contributed by atoms with Crippen molar-refractivity contribution < 1.29 is 9.90 Å². The molecule has 0 saturated heterocycles. The second-order valence-corrected chi connectivity index (χ2v) is 3.54. The van der Waals surface area contributed by atoms with Crippen LogP contribution >= 0.6 is 0 Å². The smallest absolute Gasteiger partial charge is 0.339 e. The summed E-state index contributed by atoms with van der Waals surface area (Å²) in [6.45, 7) is 3.31. The number of hydrogen-bond donors (Lipinski definition) is 1. The Hall–Kier alpha value is -2.82. The molecule has 0 radical (unpaired) electrons. The molecule has 1 N–H and O–H groups in total. The maximum Gasteiger partial charge on any atom is 0.339 e. The predicted octanol–water partition coefficient (Wildman–Crippen LogP) is 0.244. The molecule has 18 heavy (non-hydrogen) atoms. The Kier molecular flexibility index (Phi) is 2.73. The topological polar surface area (TPSA) is 118 Å². The molecule has 0 aliphatic rings. The lowest BCUT2D eigenvalue weighted by Crippen LogP contribution is -2.13. The van der Waals surface area contributed by atoms with E-state index in [9.17, 15) is 9.90 Å². The van der Waals surface area contributed by atoms with Gasteiger partial charge in [0.05, 0.1) is 5.69 Å². The minimum Gasteiger partial charge on any atom is -0.478 e. The first-order chi connectivity index (χ1) is 8.54. The van der Waals surface area contributed by atoms with Gasteiger partial charge in [-0.3, -0.25) is 0 Å². The van der Waals surface area contributed by atoms with E-state index in [-0.39, 0.29) is 17.2 Å². The summed E-state index contributed by atoms with van der Waals surface area (Å²) in [4.78, 5) is 14.9. The number of hydrogen-bond acceptors (Lipinski definition) is 6. The number of nitrogens with zero attached hydrogens (tertiary/aromatic N) is 6. The Labute approximate surface area is 102 Å². The third-order valence-corrected chi connectivity index (χ3v) is 2.46. The molecule has 0 bridgehead atoms. The number of carboxylic acid groups (broad SMARTS) is 1. The van der Waals surface area contributed by atoms with E-state index >= 15 is 0 Å². The lowest BCUT2D eigenvalue weighted by molar-refractivity contribution is 0.0695. The Morgan fingerprint density at radius 2 is 2.17 bits per heavy atom. The molecule has 0 unspecified atom stereocenters. The first-order valence-corrected chi connectivity index (χ1v) is 4.94. The van der Waals surface area contributed by atoms with Crippen LogP contribution in [-0.2, 0) is 0 Å². The Morgan fingerprint density at radius 3 is 2.72 bits per heavy atom. The van der Waals surface area contributed by atoms with Crippen molar-refractivity contribution in [3.63, 3.8) is 0 Å². The number of aryl methyl sites for hydroxylation is 1. The summed E-state index contributed by atoms with van der Waals surface area (Å²) in [5, 5.41) is 29.3. The summed E-state index contributed by atoms with van der Waals surface area (Å²) in [7, 11) is 0. The van der Waals surface area contributed by atoms with Gasteiger partial charge >= 0.3 is 5.97 Å². The SMILES string of the molecule is Cc1nnc(-n2cnc(C#N)n2)c(C(=O)O)c1C. The fraction of sp³-hybridized carbons (Fsp3) is 0.200.